The van der Waals surface area contributed by atoms with Crippen molar-refractivity contribution in [3.8, 4) is 0 Å². The second-order valence-corrected chi connectivity index (χ2v) is 6.42. The largest absolute Gasteiger partial charge is 0.349 e. The zero-order valence-corrected chi connectivity index (χ0v) is 12.2. The number of likely N-dealkylation sites (tertiary alicyclic amines) is 1. The Balaban J connectivity index is 1.56. The molecule has 0 spiro atoms. The summed E-state index contributed by atoms with van der Waals surface area (Å²) in [6.45, 7) is 2.45. The van der Waals surface area contributed by atoms with Crippen molar-refractivity contribution in [2.75, 3.05) is 20.1 Å². The molecule has 1 aromatic carbocycles. The number of nitrogens with one attached hydrogen (secondary N) is 1. The molecule has 3 rings (SSSR count). The number of hydrogen-bond acceptors (Lipinski definition) is 2. The van der Waals surface area contributed by atoms with E-state index >= 15 is 0 Å². The van der Waals surface area contributed by atoms with Crippen molar-refractivity contribution in [2.45, 2.75) is 31.7 Å². The van der Waals surface area contributed by atoms with E-state index in [1.165, 1.54) is 25.9 Å². The molecule has 1 amide bonds. The van der Waals surface area contributed by atoms with Gasteiger partial charge in [-0.2, -0.15) is 0 Å². The van der Waals surface area contributed by atoms with Gasteiger partial charge in [-0.1, -0.05) is 18.2 Å². The zero-order chi connectivity index (χ0) is 13.9. The molecular formula is C17H24N2O. The van der Waals surface area contributed by atoms with Gasteiger partial charge in [0.15, 0.2) is 0 Å². The van der Waals surface area contributed by atoms with Crippen LogP contribution in [-0.4, -0.2) is 37.0 Å². The molecule has 2 aliphatic rings. The smallest absolute Gasteiger partial charge is 0.251 e. The maximum Gasteiger partial charge on any atom is 0.251 e. The number of fused-ring (bicyclic) bond motifs is 1. The van der Waals surface area contributed by atoms with Crippen LogP contribution in [0.15, 0.2) is 30.3 Å². The number of amides is 1. The lowest BCUT2D eigenvalue weighted by Gasteiger charge is -2.42. The van der Waals surface area contributed by atoms with Crippen LogP contribution in [0, 0.1) is 11.8 Å². The summed E-state index contributed by atoms with van der Waals surface area (Å²) in [7, 11) is 2.22. The van der Waals surface area contributed by atoms with Crippen LogP contribution >= 0.6 is 0 Å². The van der Waals surface area contributed by atoms with Crippen LogP contribution in [0.3, 0.4) is 0 Å². The van der Waals surface area contributed by atoms with E-state index < -0.39 is 0 Å². The van der Waals surface area contributed by atoms with Crippen LogP contribution < -0.4 is 5.32 Å². The Morgan fingerprint density at radius 3 is 2.75 bits per heavy atom. The van der Waals surface area contributed by atoms with Crippen LogP contribution in [0.1, 0.15) is 36.0 Å². The summed E-state index contributed by atoms with van der Waals surface area (Å²) in [5.74, 6) is 1.74. The molecule has 0 bridgehead atoms. The predicted octanol–water partition coefficient (Wildman–Crippen LogP) is 2.54. The molecule has 1 aliphatic heterocycles. The van der Waals surface area contributed by atoms with Crippen molar-refractivity contribution >= 4 is 5.91 Å². The Morgan fingerprint density at radius 2 is 1.95 bits per heavy atom. The van der Waals surface area contributed by atoms with Gasteiger partial charge in [-0.3, -0.25) is 4.79 Å². The number of piperidine rings is 1. The molecule has 3 unspecified atom stereocenters. The summed E-state index contributed by atoms with van der Waals surface area (Å²) < 4.78 is 0. The molecule has 3 heteroatoms. The molecule has 1 aromatic rings. The fourth-order valence-electron chi connectivity index (χ4n) is 3.79. The summed E-state index contributed by atoms with van der Waals surface area (Å²) in [6, 6.07) is 9.92. The number of hydrogen-bond donors (Lipinski definition) is 1. The molecule has 1 saturated heterocycles. The van der Waals surface area contributed by atoms with Crippen LogP contribution in [0.4, 0.5) is 0 Å². The van der Waals surface area contributed by atoms with E-state index in [1.807, 2.05) is 30.3 Å². The van der Waals surface area contributed by atoms with Gasteiger partial charge in [0.05, 0.1) is 0 Å². The quantitative estimate of drug-likeness (QED) is 0.897. The monoisotopic (exact) mass is 272 g/mol. The maximum atomic E-state index is 12.2. The summed E-state index contributed by atoms with van der Waals surface area (Å²) in [5.41, 5.74) is 0.776. The standard InChI is InChI=1S/C17H24N2O/c1-19-10-9-14-11-16(8-7-15(14)12-19)18-17(20)13-5-3-2-4-6-13/h2-6,14-16H,7-12H2,1H3,(H,18,20). The average Bonchev–Trinajstić information content (AvgIpc) is 2.48. The minimum Gasteiger partial charge on any atom is -0.349 e. The minimum absolute atomic E-state index is 0.0852. The normalized spacial score (nSPS) is 30.6. The molecule has 1 aliphatic carbocycles. The van der Waals surface area contributed by atoms with E-state index in [-0.39, 0.29) is 5.91 Å². The lowest BCUT2D eigenvalue weighted by atomic mass is 9.73. The summed E-state index contributed by atoms with van der Waals surface area (Å²) in [4.78, 5) is 14.7. The topological polar surface area (TPSA) is 32.3 Å². The third kappa shape index (κ3) is 3.04. The Hall–Kier alpha value is -1.35. The average molecular weight is 272 g/mol. The number of carbonyl (C=O) groups is 1. The highest BCUT2D eigenvalue weighted by Crippen LogP contribution is 2.35. The van der Waals surface area contributed by atoms with Crippen molar-refractivity contribution in [2.24, 2.45) is 11.8 Å². The van der Waals surface area contributed by atoms with Crippen LogP contribution in [0.5, 0.6) is 0 Å². The first-order valence-electron chi connectivity index (χ1n) is 7.77. The van der Waals surface area contributed by atoms with Gasteiger partial charge < -0.3 is 10.2 Å². The first-order chi connectivity index (χ1) is 9.72. The van der Waals surface area contributed by atoms with E-state index in [1.54, 1.807) is 0 Å². The van der Waals surface area contributed by atoms with Gasteiger partial charge in [0.25, 0.3) is 5.91 Å². The fourth-order valence-corrected chi connectivity index (χ4v) is 3.79. The first kappa shape index (κ1) is 13.6. The summed E-state index contributed by atoms with van der Waals surface area (Å²) >= 11 is 0. The lowest BCUT2D eigenvalue weighted by molar-refractivity contribution is 0.0771. The number of nitrogens with zero attached hydrogens (tertiary/aromatic N) is 1. The highest BCUT2D eigenvalue weighted by Gasteiger charge is 2.34. The molecule has 0 aromatic heterocycles. The van der Waals surface area contributed by atoms with Gasteiger partial charge >= 0.3 is 0 Å². The third-order valence-corrected chi connectivity index (χ3v) is 4.94. The van der Waals surface area contributed by atoms with E-state index in [2.05, 4.69) is 17.3 Å². The van der Waals surface area contributed by atoms with Crippen molar-refractivity contribution in [3.05, 3.63) is 35.9 Å². The van der Waals surface area contributed by atoms with Crippen molar-refractivity contribution in [1.29, 1.82) is 0 Å². The highest BCUT2D eigenvalue weighted by molar-refractivity contribution is 5.94. The van der Waals surface area contributed by atoms with Gasteiger partial charge in [0, 0.05) is 18.2 Å². The SMILES string of the molecule is CN1CCC2CC(NC(=O)c3ccccc3)CCC2C1. The van der Waals surface area contributed by atoms with Gasteiger partial charge in [-0.15, -0.1) is 0 Å². The summed E-state index contributed by atoms with van der Waals surface area (Å²) in [5, 5.41) is 3.23. The van der Waals surface area contributed by atoms with Crippen LogP contribution in [0.2, 0.25) is 0 Å². The first-order valence-corrected chi connectivity index (χ1v) is 7.77. The highest BCUT2D eigenvalue weighted by atomic mass is 16.1. The molecule has 3 nitrogen and oxygen atoms in total. The lowest BCUT2D eigenvalue weighted by Crippen LogP contribution is -2.46. The van der Waals surface area contributed by atoms with Gasteiger partial charge in [-0.25, -0.2) is 0 Å². The molecular weight excluding hydrogens is 248 g/mol. The van der Waals surface area contributed by atoms with Gasteiger partial charge in [0.2, 0.25) is 0 Å². The second-order valence-electron chi connectivity index (χ2n) is 6.42. The second kappa shape index (κ2) is 5.96. The molecule has 20 heavy (non-hydrogen) atoms. The van der Waals surface area contributed by atoms with E-state index in [0.29, 0.717) is 6.04 Å². The number of rotatable bonds is 2. The zero-order valence-electron chi connectivity index (χ0n) is 12.2. The van der Waals surface area contributed by atoms with Gasteiger partial charge in [-0.05, 0) is 63.2 Å². The van der Waals surface area contributed by atoms with Gasteiger partial charge in [0.1, 0.15) is 0 Å². The van der Waals surface area contributed by atoms with E-state index in [4.69, 9.17) is 0 Å². The van der Waals surface area contributed by atoms with Crippen LogP contribution in [0.25, 0.3) is 0 Å². The third-order valence-electron chi connectivity index (χ3n) is 4.94. The molecule has 0 radical (unpaired) electrons. The van der Waals surface area contributed by atoms with Crippen molar-refractivity contribution < 1.29 is 4.79 Å². The Morgan fingerprint density at radius 1 is 1.15 bits per heavy atom. The predicted molar refractivity (Wildman–Crippen MR) is 80.6 cm³/mol. The molecule has 108 valence electrons. The number of benzene rings is 1. The minimum atomic E-state index is 0.0852. The van der Waals surface area contributed by atoms with Crippen LogP contribution in [-0.2, 0) is 0 Å². The maximum absolute atomic E-state index is 12.2. The fraction of sp³-hybridized carbons (Fsp3) is 0.588. The van der Waals surface area contributed by atoms with Crippen molar-refractivity contribution in [3.63, 3.8) is 0 Å². The Bertz CT molecular complexity index is 459. The molecule has 1 heterocycles. The Labute approximate surface area is 121 Å². The summed E-state index contributed by atoms with van der Waals surface area (Å²) in [6.07, 6.45) is 4.85. The van der Waals surface area contributed by atoms with E-state index in [9.17, 15) is 4.79 Å². The van der Waals surface area contributed by atoms with Crippen molar-refractivity contribution in [1.82, 2.24) is 10.2 Å². The Kier molecular flexibility index (Phi) is 4.06. The molecule has 3 atom stereocenters. The van der Waals surface area contributed by atoms with E-state index in [0.717, 1.165) is 30.2 Å². The molecule has 2 fully saturated rings. The molecule has 1 N–H and O–H groups in total. The number of carbonyl (C=O) groups excluding carboxylic acids is 1. The molecule has 1 saturated carbocycles.